The third kappa shape index (κ3) is 5.83. The molecule has 13 heteroatoms. The fourth-order valence-electron chi connectivity index (χ4n) is 1.03. The quantitative estimate of drug-likeness (QED) is 0.490. The summed E-state index contributed by atoms with van der Waals surface area (Å²) in [5.74, 6) is 0. The fourth-order valence-corrected chi connectivity index (χ4v) is 1.44. The van der Waals surface area contributed by atoms with Gasteiger partial charge in [0.1, 0.15) is 11.4 Å². The standard InChI is InChI=1S/C7H4F6N2O3S.Na.H/c8-6(9,10)4-1-3(15-19(16,17)18)2-5(14-4)7(11,12)13;;/h1-2H,(H,14,15)(H,16,17,18);;. The van der Waals surface area contributed by atoms with Crippen molar-refractivity contribution >= 4 is 45.5 Å². The Morgan fingerprint density at radius 1 is 1.00 bits per heavy atom. The van der Waals surface area contributed by atoms with Crippen molar-refractivity contribution in [2.24, 2.45) is 0 Å². The molecule has 0 aromatic carbocycles. The van der Waals surface area contributed by atoms with E-state index in [1.807, 2.05) is 0 Å². The molecule has 1 heterocycles. The number of nitrogens with zero attached hydrogens (tertiary/aromatic N) is 1. The van der Waals surface area contributed by atoms with Crippen molar-refractivity contribution in [3.05, 3.63) is 23.5 Å². The minimum atomic E-state index is -5.21. The van der Waals surface area contributed by atoms with Crippen LogP contribution in [-0.4, -0.2) is 47.5 Å². The predicted octanol–water partition coefficient (Wildman–Crippen LogP) is 1.69. The van der Waals surface area contributed by atoms with Gasteiger partial charge >= 0.3 is 52.2 Å². The molecule has 0 aliphatic rings. The Hall–Kier alpha value is -0.560. The SMILES string of the molecule is O=S(=O)(O)Nc1cc(C(F)(F)F)nc(C(F)(F)F)c1.[NaH]. The van der Waals surface area contributed by atoms with Crippen LogP contribution >= 0.6 is 0 Å². The summed E-state index contributed by atoms with van der Waals surface area (Å²) in [5, 5.41) is 0. The van der Waals surface area contributed by atoms with Crippen LogP contribution in [-0.2, 0) is 22.7 Å². The molecule has 2 N–H and O–H groups in total. The van der Waals surface area contributed by atoms with Crippen molar-refractivity contribution in [1.82, 2.24) is 4.98 Å². The van der Waals surface area contributed by atoms with E-state index in [1.165, 1.54) is 0 Å². The van der Waals surface area contributed by atoms with E-state index in [0.717, 1.165) is 4.72 Å². The zero-order valence-electron chi connectivity index (χ0n) is 8.54. The summed E-state index contributed by atoms with van der Waals surface area (Å²) < 4.78 is 104. The molecular weight excluding hydrogens is 329 g/mol. The number of pyridine rings is 1. The molecule has 1 aromatic rings. The molecule has 0 bridgehead atoms. The van der Waals surface area contributed by atoms with Gasteiger partial charge < -0.3 is 0 Å². The topological polar surface area (TPSA) is 79.3 Å². The fraction of sp³-hybridized carbons (Fsp3) is 0.286. The van der Waals surface area contributed by atoms with E-state index < -0.39 is 39.7 Å². The summed E-state index contributed by atoms with van der Waals surface area (Å²) in [6, 6.07) is 0.0337. The second-order valence-corrected chi connectivity index (χ2v) is 4.35. The minimum absolute atomic E-state index is 0. The summed E-state index contributed by atoms with van der Waals surface area (Å²) in [4.78, 5) is 2.34. The van der Waals surface area contributed by atoms with E-state index >= 15 is 0 Å². The molecule has 0 aliphatic carbocycles. The van der Waals surface area contributed by atoms with Crippen molar-refractivity contribution in [1.29, 1.82) is 0 Å². The second-order valence-electron chi connectivity index (χ2n) is 3.20. The van der Waals surface area contributed by atoms with Crippen LogP contribution in [0.4, 0.5) is 32.0 Å². The number of aromatic nitrogens is 1. The first-order chi connectivity index (χ1) is 8.29. The molecule has 0 radical (unpaired) electrons. The van der Waals surface area contributed by atoms with Gasteiger partial charge in [-0.2, -0.15) is 34.8 Å². The molecule has 0 amide bonds. The molecule has 110 valence electrons. The van der Waals surface area contributed by atoms with Crippen LogP contribution in [0.1, 0.15) is 11.4 Å². The van der Waals surface area contributed by atoms with Gasteiger partial charge in [-0.25, -0.2) is 4.98 Å². The Bertz CT molecular complexity index is 553. The van der Waals surface area contributed by atoms with Crippen molar-refractivity contribution in [3.63, 3.8) is 0 Å². The predicted molar refractivity (Wildman–Crippen MR) is 56.6 cm³/mol. The van der Waals surface area contributed by atoms with E-state index in [9.17, 15) is 34.8 Å². The van der Waals surface area contributed by atoms with Gasteiger partial charge in [0.05, 0.1) is 5.69 Å². The number of hydrogen-bond donors (Lipinski definition) is 2. The number of alkyl halides is 6. The summed E-state index contributed by atoms with van der Waals surface area (Å²) in [5.41, 5.74) is -5.01. The molecule has 0 fully saturated rings. The third-order valence-corrected chi connectivity index (χ3v) is 2.15. The molecule has 1 rings (SSSR count). The normalized spacial score (nSPS) is 12.8. The van der Waals surface area contributed by atoms with Crippen LogP contribution in [0.5, 0.6) is 0 Å². The van der Waals surface area contributed by atoms with E-state index in [2.05, 4.69) is 4.98 Å². The average molecular weight is 334 g/mol. The van der Waals surface area contributed by atoms with Gasteiger partial charge in [0, 0.05) is 0 Å². The number of nitrogens with one attached hydrogen (secondary N) is 1. The van der Waals surface area contributed by atoms with Crippen LogP contribution in [0, 0.1) is 0 Å². The Labute approximate surface area is 130 Å². The Morgan fingerprint density at radius 3 is 1.60 bits per heavy atom. The van der Waals surface area contributed by atoms with Crippen LogP contribution in [0.15, 0.2) is 12.1 Å². The van der Waals surface area contributed by atoms with Crippen molar-refractivity contribution < 1.29 is 39.3 Å². The molecule has 0 spiro atoms. The number of rotatable bonds is 2. The molecule has 0 aliphatic heterocycles. The first-order valence-corrected chi connectivity index (χ1v) is 5.65. The molecule has 0 saturated carbocycles. The number of hydrogen-bond acceptors (Lipinski definition) is 3. The first-order valence-electron chi connectivity index (χ1n) is 4.21. The van der Waals surface area contributed by atoms with Crippen molar-refractivity contribution in [2.45, 2.75) is 12.4 Å². The third-order valence-electron chi connectivity index (χ3n) is 1.65. The molecule has 0 atom stereocenters. The van der Waals surface area contributed by atoms with Gasteiger partial charge in [-0.3, -0.25) is 9.27 Å². The molecule has 0 saturated heterocycles. The maximum atomic E-state index is 12.3. The van der Waals surface area contributed by atoms with E-state index in [4.69, 9.17) is 4.55 Å². The summed E-state index contributed by atoms with van der Waals surface area (Å²) in [7, 11) is -5.01. The van der Waals surface area contributed by atoms with Crippen LogP contribution in [0.3, 0.4) is 0 Å². The monoisotopic (exact) mass is 334 g/mol. The van der Waals surface area contributed by atoms with Gasteiger partial charge in [0.25, 0.3) is 0 Å². The second kappa shape index (κ2) is 6.05. The van der Waals surface area contributed by atoms with E-state index in [0.29, 0.717) is 0 Å². The average Bonchev–Trinajstić information content (AvgIpc) is 2.11. The van der Waals surface area contributed by atoms with Gasteiger partial charge in [-0.1, -0.05) is 0 Å². The van der Waals surface area contributed by atoms with Gasteiger partial charge in [-0.05, 0) is 12.1 Å². The molecule has 0 unspecified atom stereocenters. The van der Waals surface area contributed by atoms with Gasteiger partial charge in [-0.15, -0.1) is 0 Å². The van der Waals surface area contributed by atoms with Gasteiger partial charge in [0.15, 0.2) is 0 Å². The van der Waals surface area contributed by atoms with Crippen molar-refractivity contribution in [3.8, 4) is 0 Å². The van der Waals surface area contributed by atoms with Crippen molar-refractivity contribution in [2.75, 3.05) is 4.72 Å². The van der Waals surface area contributed by atoms with E-state index in [1.54, 1.807) is 0 Å². The zero-order chi connectivity index (χ0) is 15.1. The Balaban J connectivity index is 0.00000361. The van der Waals surface area contributed by atoms with E-state index in [-0.39, 0.29) is 41.7 Å². The Morgan fingerprint density at radius 2 is 1.35 bits per heavy atom. The Kier molecular flexibility index (Phi) is 5.88. The number of halogens is 6. The zero-order valence-corrected chi connectivity index (χ0v) is 9.36. The first kappa shape index (κ1) is 19.4. The van der Waals surface area contributed by atoms with Crippen LogP contribution < -0.4 is 4.72 Å². The summed E-state index contributed by atoms with van der Waals surface area (Å²) in [6.45, 7) is 0. The number of anilines is 1. The summed E-state index contributed by atoms with van der Waals surface area (Å²) in [6.07, 6.45) is -10.4. The molecule has 1 aromatic heterocycles. The summed E-state index contributed by atoms with van der Waals surface area (Å²) >= 11 is 0. The molecular formula is C7H5F6N2NaO3S. The van der Waals surface area contributed by atoms with Gasteiger partial charge in [0.2, 0.25) is 0 Å². The molecule has 5 nitrogen and oxygen atoms in total. The maximum absolute atomic E-state index is 12.3. The van der Waals surface area contributed by atoms with Crippen LogP contribution in [0.25, 0.3) is 0 Å². The van der Waals surface area contributed by atoms with Crippen LogP contribution in [0.2, 0.25) is 0 Å². The molecule has 20 heavy (non-hydrogen) atoms.